The normalized spacial score (nSPS) is 10.8. The summed E-state index contributed by atoms with van der Waals surface area (Å²) in [6, 6.07) is 13.0. The van der Waals surface area contributed by atoms with Gasteiger partial charge in [0.15, 0.2) is 0 Å². The number of fused-ring (bicyclic) bond motifs is 1. The number of aromatic carboxylic acids is 1. The lowest BCUT2D eigenvalue weighted by Gasteiger charge is -1.97. The molecule has 0 spiro atoms. The molecule has 19 heavy (non-hydrogen) atoms. The molecule has 1 aromatic carbocycles. The molecule has 0 bridgehead atoms. The molecule has 0 aliphatic rings. The molecule has 1 N–H and O–H groups in total. The van der Waals surface area contributed by atoms with Crippen molar-refractivity contribution in [2.24, 2.45) is 0 Å². The first-order chi connectivity index (χ1) is 9.16. The summed E-state index contributed by atoms with van der Waals surface area (Å²) in [4.78, 5) is 11.5. The third-order valence-corrected chi connectivity index (χ3v) is 3.04. The van der Waals surface area contributed by atoms with E-state index in [1.54, 1.807) is 10.6 Å². The fraction of sp³-hybridized carbons (Fsp3) is 0.0667. The van der Waals surface area contributed by atoms with Crippen LogP contribution in [0.3, 0.4) is 0 Å². The Bertz CT molecular complexity index is 760. The molecule has 0 saturated carbocycles. The molecule has 0 aliphatic heterocycles. The molecule has 94 valence electrons. The molecule has 0 amide bonds. The van der Waals surface area contributed by atoms with Gasteiger partial charge in [-0.05, 0) is 18.6 Å². The minimum absolute atomic E-state index is 0.242. The van der Waals surface area contributed by atoms with E-state index in [0.29, 0.717) is 11.2 Å². The van der Waals surface area contributed by atoms with Crippen LogP contribution in [0.1, 0.15) is 15.9 Å². The number of aromatic nitrogens is 2. The van der Waals surface area contributed by atoms with Crippen LogP contribution in [-0.4, -0.2) is 20.7 Å². The van der Waals surface area contributed by atoms with Crippen LogP contribution in [0.2, 0.25) is 0 Å². The van der Waals surface area contributed by atoms with Crippen molar-refractivity contribution in [2.75, 3.05) is 0 Å². The molecule has 0 radical (unpaired) electrons. The Morgan fingerprint density at radius 2 is 1.89 bits per heavy atom. The van der Waals surface area contributed by atoms with E-state index >= 15 is 0 Å². The second kappa shape index (κ2) is 4.24. The summed E-state index contributed by atoms with van der Waals surface area (Å²) < 4.78 is 1.63. The minimum Gasteiger partial charge on any atom is -0.478 e. The second-order valence-electron chi connectivity index (χ2n) is 4.43. The lowest BCUT2D eigenvalue weighted by molar-refractivity contribution is 0.0700. The van der Waals surface area contributed by atoms with Gasteiger partial charge in [0.25, 0.3) is 0 Å². The molecule has 4 heteroatoms. The van der Waals surface area contributed by atoms with Gasteiger partial charge in [0.1, 0.15) is 11.3 Å². The molecule has 0 fully saturated rings. The molecule has 0 unspecified atom stereocenters. The summed E-state index contributed by atoms with van der Waals surface area (Å²) in [5.74, 6) is -0.960. The molecule has 0 aliphatic carbocycles. The molecule has 3 rings (SSSR count). The van der Waals surface area contributed by atoms with Crippen molar-refractivity contribution in [3.8, 4) is 11.3 Å². The zero-order valence-electron chi connectivity index (χ0n) is 10.4. The van der Waals surface area contributed by atoms with Gasteiger partial charge in [0.05, 0.1) is 5.52 Å². The van der Waals surface area contributed by atoms with Gasteiger partial charge in [-0.25, -0.2) is 9.31 Å². The van der Waals surface area contributed by atoms with Gasteiger partial charge in [-0.3, -0.25) is 0 Å². The number of hydrogen-bond donors (Lipinski definition) is 1. The van der Waals surface area contributed by atoms with Crippen molar-refractivity contribution >= 4 is 11.5 Å². The van der Waals surface area contributed by atoms with Gasteiger partial charge in [0.2, 0.25) is 0 Å². The number of nitrogens with zero attached hydrogens (tertiary/aromatic N) is 2. The van der Waals surface area contributed by atoms with E-state index in [1.807, 2.05) is 49.5 Å². The van der Waals surface area contributed by atoms with E-state index in [-0.39, 0.29) is 5.56 Å². The maximum Gasteiger partial charge on any atom is 0.340 e. The third kappa shape index (κ3) is 1.87. The number of rotatable bonds is 2. The van der Waals surface area contributed by atoms with Crippen molar-refractivity contribution < 1.29 is 9.90 Å². The summed E-state index contributed by atoms with van der Waals surface area (Å²) in [5.41, 5.74) is 3.19. The Morgan fingerprint density at radius 1 is 1.16 bits per heavy atom. The number of carbonyl (C=O) groups is 1. The maximum absolute atomic E-state index is 11.5. The van der Waals surface area contributed by atoms with Crippen LogP contribution in [0, 0.1) is 6.92 Å². The number of carboxylic acids is 1. The molecule has 3 aromatic rings. The maximum atomic E-state index is 11.5. The highest BCUT2D eigenvalue weighted by atomic mass is 16.4. The third-order valence-electron chi connectivity index (χ3n) is 3.04. The molecule has 2 aromatic heterocycles. The number of aryl methyl sites for hydroxylation is 1. The highest BCUT2D eigenvalue weighted by Gasteiger charge is 2.19. The first-order valence-electron chi connectivity index (χ1n) is 5.94. The van der Waals surface area contributed by atoms with E-state index in [0.717, 1.165) is 11.1 Å². The van der Waals surface area contributed by atoms with Crippen LogP contribution >= 0.6 is 0 Å². The van der Waals surface area contributed by atoms with Crippen molar-refractivity contribution in [3.05, 3.63) is 59.8 Å². The lowest BCUT2D eigenvalue weighted by atomic mass is 10.1. The van der Waals surface area contributed by atoms with Crippen molar-refractivity contribution in [3.63, 3.8) is 0 Å². The standard InChI is InChI=1S/C15H12N2O2/c1-10-7-8-12-13(15(18)19)14(16-17(12)9-10)11-5-3-2-4-6-11/h2-9H,1H3,(H,18,19). The smallest absolute Gasteiger partial charge is 0.340 e. The Kier molecular flexibility index (Phi) is 2.56. The molecule has 0 atom stereocenters. The zero-order chi connectivity index (χ0) is 13.4. The number of pyridine rings is 1. The van der Waals surface area contributed by atoms with E-state index < -0.39 is 5.97 Å². The van der Waals surface area contributed by atoms with Crippen LogP contribution in [0.15, 0.2) is 48.7 Å². The number of carboxylic acid groups (broad SMARTS) is 1. The lowest BCUT2D eigenvalue weighted by Crippen LogP contribution is -1.97. The first-order valence-corrected chi connectivity index (χ1v) is 5.94. The van der Waals surface area contributed by atoms with Crippen LogP contribution in [0.4, 0.5) is 0 Å². The van der Waals surface area contributed by atoms with Gasteiger partial charge in [-0.15, -0.1) is 0 Å². The van der Waals surface area contributed by atoms with Crippen LogP contribution in [0.25, 0.3) is 16.8 Å². The fourth-order valence-corrected chi connectivity index (χ4v) is 2.16. The zero-order valence-corrected chi connectivity index (χ0v) is 10.4. The number of hydrogen-bond acceptors (Lipinski definition) is 2. The SMILES string of the molecule is Cc1ccc2c(C(=O)O)c(-c3ccccc3)nn2c1. The van der Waals surface area contributed by atoms with Crippen LogP contribution in [0.5, 0.6) is 0 Å². The highest BCUT2D eigenvalue weighted by Crippen LogP contribution is 2.26. The quantitative estimate of drug-likeness (QED) is 0.762. The highest BCUT2D eigenvalue weighted by molar-refractivity contribution is 6.02. The molecular formula is C15H12N2O2. The average molecular weight is 252 g/mol. The summed E-state index contributed by atoms with van der Waals surface area (Å²) >= 11 is 0. The van der Waals surface area contributed by atoms with Gasteiger partial charge in [-0.2, -0.15) is 5.10 Å². The second-order valence-corrected chi connectivity index (χ2v) is 4.43. The molecule has 0 saturated heterocycles. The number of benzene rings is 1. The van der Waals surface area contributed by atoms with Gasteiger partial charge < -0.3 is 5.11 Å². The van der Waals surface area contributed by atoms with Crippen LogP contribution < -0.4 is 0 Å². The van der Waals surface area contributed by atoms with E-state index in [2.05, 4.69) is 5.10 Å². The van der Waals surface area contributed by atoms with E-state index in [9.17, 15) is 9.90 Å². The topological polar surface area (TPSA) is 54.6 Å². The Hall–Kier alpha value is -2.62. The van der Waals surface area contributed by atoms with Gasteiger partial charge in [-0.1, -0.05) is 36.4 Å². The van der Waals surface area contributed by atoms with Crippen LogP contribution in [-0.2, 0) is 0 Å². The van der Waals surface area contributed by atoms with E-state index in [4.69, 9.17) is 0 Å². The predicted octanol–water partition coefficient (Wildman–Crippen LogP) is 3.01. The minimum atomic E-state index is -0.960. The van der Waals surface area contributed by atoms with Crippen molar-refractivity contribution in [1.29, 1.82) is 0 Å². The average Bonchev–Trinajstić information content (AvgIpc) is 2.78. The van der Waals surface area contributed by atoms with Gasteiger partial charge >= 0.3 is 5.97 Å². The largest absolute Gasteiger partial charge is 0.478 e. The molecule has 4 nitrogen and oxygen atoms in total. The Morgan fingerprint density at radius 3 is 2.58 bits per heavy atom. The molecule has 2 heterocycles. The van der Waals surface area contributed by atoms with E-state index in [1.165, 1.54) is 0 Å². The summed E-state index contributed by atoms with van der Waals surface area (Å²) in [5, 5.41) is 13.8. The predicted molar refractivity (Wildman–Crippen MR) is 72.3 cm³/mol. The van der Waals surface area contributed by atoms with Gasteiger partial charge in [0, 0.05) is 11.8 Å². The molecular weight excluding hydrogens is 240 g/mol. The van der Waals surface area contributed by atoms with Crippen molar-refractivity contribution in [2.45, 2.75) is 6.92 Å². The summed E-state index contributed by atoms with van der Waals surface area (Å²) in [6.45, 7) is 1.95. The Labute approximate surface area is 109 Å². The Balaban J connectivity index is 2.35. The fourth-order valence-electron chi connectivity index (χ4n) is 2.16. The van der Waals surface area contributed by atoms with Crippen molar-refractivity contribution in [1.82, 2.24) is 9.61 Å². The summed E-state index contributed by atoms with van der Waals surface area (Å²) in [6.07, 6.45) is 1.83. The monoisotopic (exact) mass is 252 g/mol. The summed E-state index contributed by atoms with van der Waals surface area (Å²) in [7, 11) is 0. The first kappa shape index (κ1) is 11.5.